The number of fused-ring (bicyclic) bond motifs is 3. The molecule has 8 nitrogen and oxygen atoms in total. The molecule has 0 saturated carbocycles. The average molecular weight is 483 g/mol. The maximum Gasteiger partial charge on any atom is 0.407 e. The Bertz CT molecular complexity index is 1010. The van der Waals surface area contributed by atoms with Crippen LogP contribution in [0.4, 0.5) is 4.79 Å². The fourth-order valence-corrected chi connectivity index (χ4v) is 4.20. The summed E-state index contributed by atoms with van der Waals surface area (Å²) in [6, 6.07) is 15.0. The molecule has 0 radical (unpaired) electrons. The Balaban J connectivity index is 1.61. The van der Waals surface area contributed by atoms with Gasteiger partial charge in [0.15, 0.2) is 0 Å². The first kappa shape index (κ1) is 26.2. The van der Waals surface area contributed by atoms with E-state index in [4.69, 9.17) is 14.6 Å². The fourth-order valence-electron chi connectivity index (χ4n) is 4.20. The monoisotopic (exact) mass is 482 g/mol. The number of hydrogen-bond acceptors (Lipinski definition) is 5. The summed E-state index contributed by atoms with van der Waals surface area (Å²) >= 11 is 0. The van der Waals surface area contributed by atoms with E-state index in [1.807, 2.05) is 69.3 Å². The summed E-state index contributed by atoms with van der Waals surface area (Å²) in [6.45, 7) is 7.26. The van der Waals surface area contributed by atoms with Crippen molar-refractivity contribution in [2.75, 3.05) is 26.4 Å². The minimum Gasteiger partial charge on any atom is -0.481 e. The van der Waals surface area contributed by atoms with E-state index in [9.17, 15) is 14.4 Å². The quantitative estimate of drug-likeness (QED) is 0.422. The van der Waals surface area contributed by atoms with Gasteiger partial charge in [-0.2, -0.15) is 0 Å². The molecule has 3 N–H and O–H groups in total. The lowest BCUT2D eigenvalue weighted by Gasteiger charge is -2.26. The number of aliphatic carboxylic acids is 1. The first-order valence-corrected chi connectivity index (χ1v) is 11.9. The van der Waals surface area contributed by atoms with Crippen LogP contribution >= 0.6 is 0 Å². The summed E-state index contributed by atoms with van der Waals surface area (Å²) in [4.78, 5) is 36.5. The van der Waals surface area contributed by atoms with Crippen LogP contribution in [0.2, 0.25) is 0 Å². The van der Waals surface area contributed by atoms with Gasteiger partial charge < -0.3 is 25.2 Å². The number of carbonyl (C=O) groups excluding carboxylic acids is 2. The SMILES string of the molecule is CCOCC(C)(C)CNC(=O)C(CCC(=O)O)NC(=O)OCC1c2ccccc2-c2ccccc21. The lowest BCUT2D eigenvalue weighted by molar-refractivity contribution is -0.137. The number of hydrogen-bond donors (Lipinski definition) is 3. The Kier molecular flexibility index (Phi) is 8.87. The second-order valence-electron chi connectivity index (χ2n) is 9.47. The molecule has 2 aromatic rings. The first-order chi connectivity index (χ1) is 16.7. The van der Waals surface area contributed by atoms with E-state index in [0.717, 1.165) is 22.3 Å². The highest BCUT2D eigenvalue weighted by atomic mass is 16.5. The molecular weight excluding hydrogens is 448 g/mol. The second-order valence-corrected chi connectivity index (χ2v) is 9.47. The highest BCUT2D eigenvalue weighted by Crippen LogP contribution is 2.44. The van der Waals surface area contributed by atoms with Gasteiger partial charge in [-0.15, -0.1) is 0 Å². The molecule has 0 saturated heterocycles. The summed E-state index contributed by atoms with van der Waals surface area (Å²) in [6.07, 6.45) is -1.06. The number of amides is 2. The standard InChI is InChI=1S/C27H34N2O6/c1-4-34-17-27(2,3)16-28-25(32)23(13-14-24(30)31)29-26(33)35-15-22-20-11-7-5-9-18(20)19-10-6-8-12-21(19)22/h5-12,22-23H,4,13-17H2,1-3H3,(H,28,32)(H,29,33)(H,30,31). The van der Waals surface area contributed by atoms with Crippen LogP contribution < -0.4 is 10.6 Å². The van der Waals surface area contributed by atoms with Crippen molar-refractivity contribution in [1.82, 2.24) is 10.6 Å². The number of rotatable bonds is 12. The largest absolute Gasteiger partial charge is 0.481 e. The molecular formula is C27H34N2O6. The third kappa shape index (κ3) is 7.05. The predicted molar refractivity (Wildman–Crippen MR) is 132 cm³/mol. The number of carboxylic acids is 1. The molecule has 188 valence electrons. The minimum absolute atomic E-state index is 0.0444. The highest BCUT2D eigenvalue weighted by Gasteiger charge is 2.30. The van der Waals surface area contributed by atoms with Gasteiger partial charge in [-0.25, -0.2) is 4.79 Å². The van der Waals surface area contributed by atoms with E-state index in [1.54, 1.807) is 0 Å². The Hall–Kier alpha value is -3.39. The maximum atomic E-state index is 12.8. The third-order valence-corrected chi connectivity index (χ3v) is 6.04. The van der Waals surface area contributed by atoms with E-state index >= 15 is 0 Å². The Morgan fingerprint density at radius 1 is 1.03 bits per heavy atom. The van der Waals surface area contributed by atoms with Crippen LogP contribution in [0.25, 0.3) is 11.1 Å². The fraction of sp³-hybridized carbons (Fsp3) is 0.444. The van der Waals surface area contributed by atoms with E-state index in [0.29, 0.717) is 19.8 Å². The smallest absolute Gasteiger partial charge is 0.407 e. The van der Waals surface area contributed by atoms with Crippen LogP contribution in [0.1, 0.15) is 50.7 Å². The van der Waals surface area contributed by atoms with Crippen molar-refractivity contribution in [3.05, 3.63) is 59.7 Å². The molecule has 0 aliphatic heterocycles. The highest BCUT2D eigenvalue weighted by molar-refractivity contribution is 5.86. The first-order valence-electron chi connectivity index (χ1n) is 11.9. The zero-order valence-electron chi connectivity index (χ0n) is 20.5. The van der Waals surface area contributed by atoms with Gasteiger partial charge in [-0.1, -0.05) is 62.4 Å². The summed E-state index contributed by atoms with van der Waals surface area (Å²) in [5, 5.41) is 14.4. The second kappa shape index (κ2) is 11.8. The lowest BCUT2D eigenvalue weighted by Crippen LogP contribution is -2.49. The van der Waals surface area contributed by atoms with Gasteiger partial charge in [0, 0.05) is 30.9 Å². The number of carboxylic acid groups (broad SMARTS) is 1. The van der Waals surface area contributed by atoms with Crippen LogP contribution in [-0.2, 0) is 19.1 Å². The maximum absolute atomic E-state index is 12.8. The molecule has 0 fully saturated rings. The molecule has 1 unspecified atom stereocenters. The van der Waals surface area contributed by atoms with Gasteiger partial charge in [0.2, 0.25) is 5.91 Å². The van der Waals surface area contributed by atoms with Crippen LogP contribution in [0, 0.1) is 5.41 Å². The Morgan fingerprint density at radius 2 is 1.63 bits per heavy atom. The molecule has 1 aliphatic rings. The van der Waals surface area contributed by atoms with Crippen molar-refractivity contribution < 1.29 is 29.0 Å². The van der Waals surface area contributed by atoms with Gasteiger partial charge in [0.1, 0.15) is 12.6 Å². The van der Waals surface area contributed by atoms with Crippen LogP contribution in [0.15, 0.2) is 48.5 Å². The van der Waals surface area contributed by atoms with Gasteiger partial charge in [0.25, 0.3) is 0 Å². The number of alkyl carbamates (subject to hydrolysis) is 1. The molecule has 8 heteroatoms. The van der Waals surface area contributed by atoms with Gasteiger partial charge >= 0.3 is 12.1 Å². The molecule has 0 bridgehead atoms. The normalized spacial score (nSPS) is 13.5. The van der Waals surface area contributed by atoms with Crippen molar-refractivity contribution in [2.24, 2.45) is 5.41 Å². The van der Waals surface area contributed by atoms with Gasteiger partial charge in [-0.3, -0.25) is 9.59 Å². The van der Waals surface area contributed by atoms with Crippen molar-refractivity contribution in [3.63, 3.8) is 0 Å². The molecule has 0 aromatic heterocycles. The zero-order chi connectivity index (χ0) is 25.4. The van der Waals surface area contributed by atoms with Crippen LogP contribution in [0.3, 0.4) is 0 Å². The van der Waals surface area contributed by atoms with Gasteiger partial charge in [0.05, 0.1) is 6.61 Å². The molecule has 3 rings (SSSR count). The Labute approximate surface area is 206 Å². The van der Waals surface area contributed by atoms with Crippen molar-refractivity contribution in [3.8, 4) is 11.1 Å². The summed E-state index contributed by atoms with van der Waals surface area (Å²) in [7, 11) is 0. The van der Waals surface area contributed by atoms with E-state index < -0.39 is 24.0 Å². The molecule has 0 spiro atoms. The van der Waals surface area contributed by atoms with Crippen LogP contribution in [0.5, 0.6) is 0 Å². The van der Waals surface area contributed by atoms with E-state index in [2.05, 4.69) is 10.6 Å². The lowest BCUT2D eigenvalue weighted by atomic mass is 9.94. The topological polar surface area (TPSA) is 114 Å². The summed E-state index contributed by atoms with van der Waals surface area (Å²) in [5.41, 5.74) is 4.08. The van der Waals surface area contributed by atoms with Crippen LogP contribution in [-0.4, -0.2) is 55.5 Å². The molecule has 2 amide bonds. The Morgan fingerprint density at radius 3 is 2.20 bits per heavy atom. The average Bonchev–Trinajstić information content (AvgIpc) is 3.16. The number of nitrogens with one attached hydrogen (secondary N) is 2. The third-order valence-electron chi connectivity index (χ3n) is 6.04. The van der Waals surface area contributed by atoms with Crippen molar-refractivity contribution >= 4 is 18.0 Å². The number of carbonyl (C=O) groups is 3. The molecule has 0 heterocycles. The zero-order valence-corrected chi connectivity index (χ0v) is 20.5. The molecule has 1 atom stereocenters. The molecule has 35 heavy (non-hydrogen) atoms. The van der Waals surface area contributed by atoms with E-state index in [-0.39, 0.29) is 30.8 Å². The van der Waals surface area contributed by atoms with Crippen molar-refractivity contribution in [2.45, 2.75) is 45.6 Å². The molecule has 1 aliphatic carbocycles. The minimum atomic E-state index is -1.05. The summed E-state index contributed by atoms with van der Waals surface area (Å²) < 4.78 is 11.0. The van der Waals surface area contributed by atoms with E-state index in [1.165, 1.54) is 0 Å². The summed E-state index contributed by atoms with van der Waals surface area (Å²) in [5.74, 6) is -1.61. The number of ether oxygens (including phenoxy) is 2. The predicted octanol–water partition coefficient (Wildman–Crippen LogP) is 3.94. The van der Waals surface area contributed by atoms with Gasteiger partial charge in [-0.05, 0) is 35.6 Å². The molecule has 2 aromatic carbocycles. The number of benzene rings is 2. The van der Waals surface area contributed by atoms with Crippen molar-refractivity contribution in [1.29, 1.82) is 0 Å².